The summed E-state index contributed by atoms with van der Waals surface area (Å²) >= 11 is 0. The van der Waals surface area contributed by atoms with Gasteiger partial charge in [-0.15, -0.1) is 0 Å². The second kappa shape index (κ2) is 6.01. The minimum atomic E-state index is 0.711. The van der Waals surface area contributed by atoms with Gasteiger partial charge >= 0.3 is 0 Å². The molecule has 1 aliphatic heterocycles. The van der Waals surface area contributed by atoms with Crippen molar-refractivity contribution in [2.24, 2.45) is 0 Å². The molecule has 1 aromatic carbocycles. The lowest BCUT2D eigenvalue weighted by molar-refractivity contribution is 0.122. The third-order valence-corrected chi connectivity index (χ3v) is 3.64. The first-order valence-corrected chi connectivity index (χ1v) is 7.15. The Balaban J connectivity index is 1.70. The average Bonchev–Trinajstić information content (AvgIpc) is 2.53. The van der Waals surface area contributed by atoms with Crippen LogP contribution in [0.4, 0.5) is 22.9 Å². The van der Waals surface area contributed by atoms with Crippen LogP contribution in [0, 0.1) is 6.92 Å². The van der Waals surface area contributed by atoms with E-state index in [1.807, 2.05) is 19.1 Å². The van der Waals surface area contributed by atoms with Gasteiger partial charge in [-0.2, -0.15) is 0 Å². The second-order valence-electron chi connectivity index (χ2n) is 5.14. The average molecular weight is 284 g/mol. The van der Waals surface area contributed by atoms with Gasteiger partial charge < -0.3 is 20.7 Å². The van der Waals surface area contributed by atoms with E-state index in [1.165, 1.54) is 5.69 Å². The monoisotopic (exact) mass is 284 g/mol. The number of nitrogens with two attached hydrogens (primary N) is 1. The Hall–Kier alpha value is -2.27. The number of ether oxygens (including phenoxy) is 1. The van der Waals surface area contributed by atoms with Gasteiger partial charge in [0.05, 0.1) is 24.6 Å². The molecule has 1 saturated heterocycles. The summed E-state index contributed by atoms with van der Waals surface area (Å²) in [5.74, 6) is 0.806. The van der Waals surface area contributed by atoms with Crippen molar-refractivity contribution in [3.8, 4) is 0 Å². The van der Waals surface area contributed by atoms with E-state index in [-0.39, 0.29) is 0 Å². The lowest BCUT2D eigenvalue weighted by Crippen LogP contribution is -2.36. The summed E-state index contributed by atoms with van der Waals surface area (Å²) in [6, 6.07) is 12.1. The second-order valence-corrected chi connectivity index (χ2v) is 5.14. The van der Waals surface area contributed by atoms with Crippen molar-refractivity contribution in [2.45, 2.75) is 6.92 Å². The molecule has 3 N–H and O–H groups in total. The molecular formula is C16H20N4O. The maximum Gasteiger partial charge on any atom is 0.130 e. The molecule has 5 nitrogen and oxygen atoms in total. The van der Waals surface area contributed by atoms with E-state index < -0.39 is 0 Å². The topological polar surface area (TPSA) is 63.4 Å². The van der Waals surface area contributed by atoms with Crippen LogP contribution in [0.2, 0.25) is 0 Å². The standard InChI is InChI=1S/C16H20N4O/c1-12-15(17)6-7-16(18-12)19-13-2-4-14(5-3-13)20-8-10-21-11-9-20/h2-7H,8-11,17H2,1H3,(H,18,19). The van der Waals surface area contributed by atoms with Crippen LogP contribution in [0.5, 0.6) is 0 Å². The van der Waals surface area contributed by atoms with E-state index in [2.05, 4.69) is 39.5 Å². The zero-order valence-corrected chi connectivity index (χ0v) is 12.2. The molecule has 0 atom stereocenters. The number of aromatic nitrogens is 1. The number of hydrogen-bond acceptors (Lipinski definition) is 5. The summed E-state index contributed by atoms with van der Waals surface area (Å²) in [4.78, 5) is 6.75. The van der Waals surface area contributed by atoms with Gasteiger partial charge in [-0.25, -0.2) is 4.98 Å². The molecular weight excluding hydrogens is 264 g/mol. The fraction of sp³-hybridized carbons (Fsp3) is 0.312. The summed E-state index contributed by atoms with van der Waals surface area (Å²) in [6.07, 6.45) is 0. The minimum Gasteiger partial charge on any atom is -0.397 e. The first-order chi connectivity index (χ1) is 10.2. The molecule has 0 unspecified atom stereocenters. The van der Waals surface area contributed by atoms with E-state index in [4.69, 9.17) is 10.5 Å². The Kier molecular flexibility index (Phi) is 3.92. The van der Waals surface area contributed by atoms with Crippen molar-refractivity contribution in [1.29, 1.82) is 0 Å². The SMILES string of the molecule is Cc1nc(Nc2ccc(N3CCOCC3)cc2)ccc1N. The van der Waals surface area contributed by atoms with Gasteiger partial charge in [-0.05, 0) is 43.3 Å². The predicted molar refractivity (Wildman–Crippen MR) is 86.1 cm³/mol. The number of morpholine rings is 1. The molecule has 0 amide bonds. The van der Waals surface area contributed by atoms with Gasteiger partial charge in [0, 0.05) is 24.5 Å². The zero-order valence-electron chi connectivity index (χ0n) is 12.2. The van der Waals surface area contributed by atoms with E-state index in [1.54, 1.807) is 0 Å². The molecule has 0 radical (unpaired) electrons. The number of rotatable bonds is 3. The maximum absolute atomic E-state index is 5.78. The van der Waals surface area contributed by atoms with Crippen molar-refractivity contribution >= 4 is 22.9 Å². The quantitative estimate of drug-likeness (QED) is 0.907. The summed E-state index contributed by atoms with van der Waals surface area (Å²) in [5.41, 5.74) is 9.57. The normalized spacial score (nSPS) is 15.0. The van der Waals surface area contributed by atoms with Crippen LogP contribution in [0.15, 0.2) is 36.4 Å². The Labute approximate surface area is 124 Å². The molecule has 3 rings (SSSR count). The number of nitrogens with zero attached hydrogens (tertiary/aromatic N) is 2. The van der Waals surface area contributed by atoms with Crippen LogP contribution < -0.4 is 16.0 Å². The molecule has 0 bridgehead atoms. The number of nitrogens with one attached hydrogen (secondary N) is 1. The molecule has 0 spiro atoms. The van der Waals surface area contributed by atoms with Crippen molar-refractivity contribution in [2.75, 3.05) is 42.3 Å². The number of hydrogen-bond donors (Lipinski definition) is 2. The van der Waals surface area contributed by atoms with E-state index in [0.29, 0.717) is 5.69 Å². The summed E-state index contributed by atoms with van der Waals surface area (Å²) < 4.78 is 5.37. The highest BCUT2D eigenvalue weighted by atomic mass is 16.5. The van der Waals surface area contributed by atoms with Gasteiger partial charge in [-0.3, -0.25) is 0 Å². The van der Waals surface area contributed by atoms with Crippen LogP contribution in [0.3, 0.4) is 0 Å². The van der Waals surface area contributed by atoms with Gasteiger partial charge in [0.2, 0.25) is 0 Å². The number of benzene rings is 1. The Morgan fingerprint density at radius 2 is 1.81 bits per heavy atom. The first kappa shape index (κ1) is 13.7. The fourth-order valence-electron chi connectivity index (χ4n) is 2.37. The van der Waals surface area contributed by atoms with Gasteiger partial charge in [-0.1, -0.05) is 0 Å². The Morgan fingerprint density at radius 1 is 1.10 bits per heavy atom. The van der Waals surface area contributed by atoms with Crippen LogP contribution >= 0.6 is 0 Å². The molecule has 0 aliphatic carbocycles. The highest BCUT2D eigenvalue weighted by Gasteiger charge is 2.10. The predicted octanol–water partition coefficient (Wildman–Crippen LogP) is 2.55. The molecule has 2 heterocycles. The van der Waals surface area contributed by atoms with E-state index in [0.717, 1.165) is 43.5 Å². The van der Waals surface area contributed by atoms with Crippen LogP contribution in [-0.2, 0) is 4.74 Å². The van der Waals surface area contributed by atoms with Crippen molar-refractivity contribution in [3.05, 3.63) is 42.1 Å². The number of nitrogen functional groups attached to an aromatic ring is 1. The zero-order chi connectivity index (χ0) is 14.7. The molecule has 0 saturated carbocycles. The molecule has 1 aliphatic rings. The van der Waals surface area contributed by atoms with Crippen molar-refractivity contribution in [1.82, 2.24) is 4.98 Å². The lowest BCUT2D eigenvalue weighted by atomic mass is 10.2. The molecule has 110 valence electrons. The number of aryl methyl sites for hydroxylation is 1. The first-order valence-electron chi connectivity index (χ1n) is 7.15. The largest absolute Gasteiger partial charge is 0.397 e. The Morgan fingerprint density at radius 3 is 2.48 bits per heavy atom. The van der Waals surface area contributed by atoms with Gasteiger partial charge in [0.15, 0.2) is 0 Å². The summed E-state index contributed by atoms with van der Waals surface area (Å²) in [6.45, 7) is 5.41. The van der Waals surface area contributed by atoms with E-state index >= 15 is 0 Å². The van der Waals surface area contributed by atoms with Crippen molar-refractivity contribution < 1.29 is 4.74 Å². The van der Waals surface area contributed by atoms with E-state index in [9.17, 15) is 0 Å². The summed E-state index contributed by atoms with van der Waals surface area (Å²) in [5, 5.41) is 3.29. The molecule has 21 heavy (non-hydrogen) atoms. The smallest absolute Gasteiger partial charge is 0.130 e. The molecule has 5 heteroatoms. The third-order valence-electron chi connectivity index (χ3n) is 3.64. The molecule has 2 aromatic rings. The maximum atomic E-state index is 5.78. The van der Waals surface area contributed by atoms with Crippen LogP contribution in [0.25, 0.3) is 0 Å². The lowest BCUT2D eigenvalue weighted by Gasteiger charge is -2.28. The molecule has 1 fully saturated rings. The van der Waals surface area contributed by atoms with Crippen LogP contribution in [0.1, 0.15) is 5.69 Å². The third kappa shape index (κ3) is 3.25. The Bertz CT molecular complexity index is 606. The number of anilines is 4. The van der Waals surface area contributed by atoms with Gasteiger partial charge in [0.1, 0.15) is 5.82 Å². The highest BCUT2D eigenvalue weighted by molar-refractivity contribution is 5.62. The van der Waals surface area contributed by atoms with Crippen molar-refractivity contribution in [3.63, 3.8) is 0 Å². The van der Waals surface area contributed by atoms with Crippen LogP contribution in [-0.4, -0.2) is 31.3 Å². The number of pyridine rings is 1. The fourth-order valence-corrected chi connectivity index (χ4v) is 2.37. The summed E-state index contributed by atoms with van der Waals surface area (Å²) in [7, 11) is 0. The van der Waals surface area contributed by atoms with Gasteiger partial charge in [0.25, 0.3) is 0 Å². The highest BCUT2D eigenvalue weighted by Crippen LogP contribution is 2.22. The minimum absolute atomic E-state index is 0.711. The molecule has 1 aromatic heterocycles.